The van der Waals surface area contributed by atoms with Crippen molar-refractivity contribution in [3.8, 4) is 0 Å². The summed E-state index contributed by atoms with van der Waals surface area (Å²) >= 11 is 5.31. The molecule has 1 N–H and O–H groups in total. The number of imide groups is 1. The van der Waals surface area contributed by atoms with Gasteiger partial charge in [0.1, 0.15) is 5.88 Å². The quantitative estimate of drug-likeness (QED) is 0.565. The molecule has 0 aromatic heterocycles. The van der Waals surface area contributed by atoms with Crippen molar-refractivity contribution in [2.45, 2.75) is 6.42 Å². The third-order valence-electron chi connectivity index (χ3n) is 2.89. The van der Waals surface area contributed by atoms with Crippen LogP contribution in [0.1, 0.15) is 6.42 Å². The largest absolute Gasteiger partial charge is 0.469 e. The van der Waals surface area contributed by atoms with E-state index in [1.165, 1.54) is 7.11 Å². The van der Waals surface area contributed by atoms with Crippen LogP contribution >= 0.6 is 11.6 Å². The van der Waals surface area contributed by atoms with Gasteiger partial charge in [0.15, 0.2) is 0 Å². The summed E-state index contributed by atoms with van der Waals surface area (Å²) in [5.74, 6) is -0.974. The zero-order chi connectivity index (χ0) is 14.3. The molecular formula is C11H18ClN3O4. The first-order chi connectivity index (χ1) is 9.06. The summed E-state index contributed by atoms with van der Waals surface area (Å²) in [4.78, 5) is 37.3. The number of ether oxygens (including phenoxy) is 1. The lowest BCUT2D eigenvalue weighted by atomic mass is 10.3. The van der Waals surface area contributed by atoms with Crippen LogP contribution in [0.3, 0.4) is 0 Å². The van der Waals surface area contributed by atoms with Gasteiger partial charge in [-0.1, -0.05) is 0 Å². The molecule has 108 valence electrons. The molecule has 1 heterocycles. The van der Waals surface area contributed by atoms with Crippen LogP contribution in [0.15, 0.2) is 0 Å². The molecule has 1 fully saturated rings. The predicted molar refractivity (Wildman–Crippen MR) is 68.9 cm³/mol. The second-order valence-corrected chi connectivity index (χ2v) is 4.41. The van der Waals surface area contributed by atoms with Gasteiger partial charge in [0.2, 0.25) is 5.91 Å². The monoisotopic (exact) mass is 291 g/mol. The first-order valence-electron chi connectivity index (χ1n) is 6.00. The minimum absolute atomic E-state index is 0.231. The molecule has 1 saturated heterocycles. The smallest absolute Gasteiger partial charge is 0.324 e. The fourth-order valence-corrected chi connectivity index (χ4v) is 1.82. The third-order valence-corrected chi connectivity index (χ3v) is 3.13. The van der Waals surface area contributed by atoms with Gasteiger partial charge in [-0.15, -0.1) is 11.6 Å². The van der Waals surface area contributed by atoms with Crippen LogP contribution in [0.2, 0.25) is 0 Å². The Morgan fingerprint density at radius 3 is 2.37 bits per heavy atom. The van der Waals surface area contributed by atoms with Crippen LogP contribution in [0, 0.1) is 0 Å². The second-order valence-electron chi connectivity index (χ2n) is 4.14. The lowest BCUT2D eigenvalue weighted by Gasteiger charge is -2.34. The van der Waals surface area contributed by atoms with Crippen molar-refractivity contribution >= 4 is 29.5 Å². The van der Waals surface area contributed by atoms with E-state index in [-0.39, 0.29) is 11.8 Å². The van der Waals surface area contributed by atoms with Crippen molar-refractivity contribution in [2.75, 3.05) is 45.7 Å². The van der Waals surface area contributed by atoms with Crippen LogP contribution in [0.4, 0.5) is 4.79 Å². The van der Waals surface area contributed by atoms with Gasteiger partial charge < -0.3 is 9.64 Å². The Hall–Kier alpha value is -1.34. The van der Waals surface area contributed by atoms with Gasteiger partial charge in [0, 0.05) is 32.7 Å². The Balaban J connectivity index is 2.26. The van der Waals surface area contributed by atoms with Gasteiger partial charge in [-0.3, -0.25) is 19.8 Å². The number of carbonyl (C=O) groups is 3. The number of piperazine rings is 1. The molecule has 0 atom stereocenters. The molecule has 0 bridgehead atoms. The molecule has 7 nitrogen and oxygen atoms in total. The summed E-state index contributed by atoms with van der Waals surface area (Å²) in [7, 11) is 1.36. The fraction of sp³-hybridized carbons (Fsp3) is 0.727. The van der Waals surface area contributed by atoms with E-state index >= 15 is 0 Å². The number of amides is 3. The summed E-state index contributed by atoms with van der Waals surface area (Å²) < 4.78 is 4.57. The van der Waals surface area contributed by atoms with E-state index in [1.54, 1.807) is 4.90 Å². The van der Waals surface area contributed by atoms with E-state index in [4.69, 9.17) is 11.6 Å². The summed E-state index contributed by atoms with van der Waals surface area (Å²) in [6.07, 6.45) is 0.341. The standard InChI is InChI=1S/C11H18ClN3O4/c1-19-10(17)2-3-14-4-6-15(7-5-14)11(18)13-9(16)8-12/h2-8H2,1H3,(H,13,16,18). The van der Waals surface area contributed by atoms with Gasteiger partial charge >= 0.3 is 12.0 Å². The molecule has 0 radical (unpaired) electrons. The third kappa shape index (κ3) is 5.44. The molecule has 8 heteroatoms. The average Bonchev–Trinajstić information content (AvgIpc) is 2.44. The highest BCUT2D eigenvalue weighted by atomic mass is 35.5. The highest BCUT2D eigenvalue weighted by molar-refractivity contribution is 6.28. The maximum absolute atomic E-state index is 11.6. The van der Waals surface area contributed by atoms with Crippen molar-refractivity contribution in [3.63, 3.8) is 0 Å². The first-order valence-corrected chi connectivity index (χ1v) is 6.54. The van der Waals surface area contributed by atoms with Gasteiger partial charge in [0.25, 0.3) is 0 Å². The van der Waals surface area contributed by atoms with Gasteiger partial charge in [-0.2, -0.15) is 0 Å². The van der Waals surface area contributed by atoms with E-state index in [0.29, 0.717) is 39.1 Å². The van der Waals surface area contributed by atoms with Gasteiger partial charge in [0.05, 0.1) is 13.5 Å². The van der Waals surface area contributed by atoms with Crippen LogP contribution < -0.4 is 5.32 Å². The number of methoxy groups -OCH3 is 1. The number of hydrogen-bond donors (Lipinski definition) is 1. The lowest BCUT2D eigenvalue weighted by molar-refractivity contribution is -0.141. The molecule has 0 aromatic carbocycles. The van der Waals surface area contributed by atoms with Crippen LogP contribution in [-0.2, 0) is 14.3 Å². The summed E-state index contributed by atoms with van der Waals surface area (Å²) in [5, 5.41) is 2.20. The minimum Gasteiger partial charge on any atom is -0.469 e. The van der Waals surface area contributed by atoms with E-state index < -0.39 is 11.9 Å². The van der Waals surface area contributed by atoms with Crippen molar-refractivity contribution in [3.05, 3.63) is 0 Å². The summed E-state index contributed by atoms with van der Waals surface area (Å²) in [5.41, 5.74) is 0. The zero-order valence-corrected chi connectivity index (χ0v) is 11.6. The topological polar surface area (TPSA) is 79.0 Å². The molecule has 1 aliphatic rings. The number of alkyl halides is 1. The molecule has 1 aliphatic heterocycles. The van der Waals surface area contributed by atoms with E-state index in [1.807, 2.05) is 0 Å². The summed E-state index contributed by atoms with van der Waals surface area (Å²) in [6, 6.07) is -0.418. The van der Waals surface area contributed by atoms with Gasteiger partial charge in [-0.05, 0) is 0 Å². The summed E-state index contributed by atoms with van der Waals surface area (Å²) in [6.45, 7) is 2.98. The maximum atomic E-state index is 11.6. The average molecular weight is 292 g/mol. The zero-order valence-electron chi connectivity index (χ0n) is 10.9. The second kappa shape index (κ2) is 7.96. The van der Waals surface area contributed by atoms with Crippen LogP contribution in [0.5, 0.6) is 0 Å². The minimum atomic E-state index is -0.500. The Morgan fingerprint density at radius 1 is 1.21 bits per heavy atom. The molecule has 0 unspecified atom stereocenters. The van der Waals surface area contributed by atoms with E-state index in [0.717, 1.165) is 0 Å². The number of carbonyl (C=O) groups excluding carboxylic acids is 3. The Kier molecular flexibility index (Phi) is 6.58. The van der Waals surface area contributed by atoms with Crippen molar-refractivity contribution in [2.24, 2.45) is 0 Å². The van der Waals surface area contributed by atoms with Crippen molar-refractivity contribution in [1.29, 1.82) is 0 Å². The Morgan fingerprint density at radius 2 is 1.84 bits per heavy atom. The molecule has 0 aromatic rings. The first kappa shape index (κ1) is 15.7. The van der Waals surface area contributed by atoms with E-state index in [2.05, 4.69) is 15.0 Å². The van der Waals surface area contributed by atoms with E-state index in [9.17, 15) is 14.4 Å². The molecule has 0 spiro atoms. The number of nitrogens with zero attached hydrogens (tertiary/aromatic N) is 2. The van der Waals surface area contributed by atoms with Crippen molar-refractivity contribution < 1.29 is 19.1 Å². The molecule has 1 rings (SSSR count). The lowest BCUT2D eigenvalue weighted by Crippen LogP contribution is -2.53. The number of esters is 1. The predicted octanol–water partition coefficient (Wildman–Crippen LogP) is -0.358. The molecule has 0 saturated carbocycles. The number of halogens is 1. The molecule has 3 amide bonds. The maximum Gasteiger partial charge on any atom is 0.324 e. The van der Waals surface area contributed by atoms with Gasteiger partial charge in [-0.25, -0.2) is 4.79 Å². The highest BCUT2D eigenvalue weighted by Crippen LogP contribution is 2.03. The molecule has 0 aliphatic carbocycles. The number of hydrogen-bond acceptors (Lipinski definition) is 5. The number of nitrogens with one attached hydrogen (secondary N) is 1. The number of rotatable bonds is 4. The number of urea groups is 1. The molecular weight excluding hydrogens is 274 g/mol. The Bertz CT molecular complexity index is 343. The van der Waals surface area contributed by atoms with Crippen LogP contribution in [-0.4, -0.2) is 73.4 Å². The Labute approximate surface area is 116 Å². The molecule has 19 heavy (non-hydrogen) atoms. The normalized spacial score (nSPS) is 16.0. The highest BCUT2D eigenvalue weighted by Gasteiger charge is 2.22. The van der Waals surface area contributed by atoms with Crippen LogP contribution in [0.25, 0.3) is 0 Å². The SMILES string of the molecule is COC(=O)CCN1CCN(C(=O)NC(=O)CCl)CC1. The fourth-order valence-electron chi connectivity index (χ4n) is 1.76. The van der Waals surface area contributed by atoms with Crippen molar-refractivity contribution in [1.82, 2.24) is 15.1 Å².